The van der Waals surface area contributed by atoms with Crippen LogP contribution in [0, 0.1) is 0 Å². The van der Waals surface area contributed by atoms with Crippen molar-refractivity contribution in [3.8, 4) is 0 Å². The molecule has 0 aliphatic rings. The number of hydrogen-bond donors (Lipinski definition) is 0. The minimum atomic E-state index is -4.78. The molecule has 0 saturated carbocycles. The van der Waals surface area contributed by atoms with Crippen LogP contribution in [0.1, 0.15) is 33.2 Å². The van der Waals surface area contributed by atoms with E-state index in [1.807, 2.05) is 0 Å². The number of hydrogen-bond acceptors (Lipinski definition) is 3. The van der Waals surface area contributed by atoms with Gasteiger partial charge in [0.15, 0.2) is 6.29 Å². The van der Waals surface area contributed by atoms with Crippen molar-refractivity contribution in [2.45, 2.75) is 13.1 Å². The Morgan fingerprint density at radius 2 is 2.06 bits per heavy atom. The van der Waals surface area contributed by atoms with E-state index in [1.54, 1.807) is 0 Å². The Morgan fingerprint density at radius 3 is 2.50 bits per heavy atom. The number of ether oxygens (including phenoxy) is 1. The van der Waals surface area contributed by atoms with Gasteiger partial charge in [-0.3, -0.25) is 4.79 Å². The highest BCUT2D eigenvalue weighted by atomic mass is 35.5. The van der Waals surface area contributed by atoms with E-state index in [0.717, 1.165) is 6.07 Å². The van der Waals surface area contributed by atoms with Crippen molar-refractivity contribution < 1.29 is 27.5 Å². The summed E-state index contributed by atoms with van der Waals surface area (Å²) in [5.74, 6) is -0.928. The lowest BCUT2D eigenvalue weighted by Crippen LogP contribution is -2.13. The molecule has 0 saturated heterocycles. The van der Waals surface area contributed by atoms with E-state index in [4.69, 9.17) is 11.6 Å². The van der Waals surface area contributed by atoms with Gasteiger partial charge in [-0.25, -0.2) is 4.79 Å². The van der Waals surface area contributed by atoms with Gasteiger partial charge in [0.25, 0.3) is 0 Å². The Bertz CT molecular complexity index is 483. The number of aldehydes is 1. The largest absolute Gasteiger partial charge is 0.462 e. The SMILES string of the molecule is CCOC(=O)c1cc(Cl)c(C=O)c(C(F)(F)F)c1. The lowest BCUT2D eigenvalue weighted by atomic mass is 10.0. The van der Waals surface area contributed by atoms with Crippen LogP contribution in [-0.2, 0) is 10.9 Å². The summed E-state index contributed by atoms with van der Waals surface area (Å²) in [6.45, 7) is 1.54. The fraction of sp³-hybridized carbons (Fsp3) is 0.273. The van der Waals surface area contributed by atoms with Crippen molar-refractivity contribution in [1.29, 1.82) is 0 Å². The van der Waals surface area contributed by atoms with Gasteiger partial charge in [0.1, 0.15) is 0 Å². The van der Waals surface area contributed by atoms with Gasteiger partial charge in [0.05, 0.1) is 22.8 Å². The predicted octanol–water partition coefficient (Wildman–Crippen LogP) is 3.35. The van der Waals surface area contributed by atoms with Gasteiger partial charge in [0, 0.05) is 5.56 Å². The molecule has 0 radical (unpaired) electrons. The average molecular weight is 281 g/mol. The first-order chi connectivity index (χ1) is 8.31. The summed E-state index contributed by atoms with van der Waals surface area (Å²) >= 11 is 5.55. The van der Waals surface area contributed by atoms with Crippen LogP contribution in [0.2, 0.25) is 5.02 Å². The highest BCUT2D eigenvalue weighted by molar-refractivity contribution is 6.33. The Kier molecular flexibility index (Phi) is 4.34. The molecular formula is C11H8ClF3O3. The molecule has 0 N–H and O–H groups in total. The lowest BCUT2D eigenvalue weighted by molar-refractivity contribution is -0.137. The quantitative estimate of drug-likeness (QED) is 0.630. The van der Waals surface area contributed by atoms with E-state index < -0.39 is 28.3 Å². The van der Waals surface area contributed by atoms with Gasteiger partial charge in [-0.2, -0.15) is 13.2 Å². The Hall–Kier alpha value is -1.56. The molecule has 1 aromatic carbocycles. The zero-order chi connectivity index (χ0) is 13.9. The average Bonchev–Trinajstić information content (AvgIpc) is 2.27. The van der Waals surface area contributed by atoms with Crippen molar-refractivity contribution in [1.82, 2.24) is 0 Å². The third kappa shape index (κ3) is 3.01. The number of carbonyl (C=O) groups is 2. The van der Waals surface area contributed by atoms with Gasteiger partial charge in [-0.15, -0.1) is 0 Å². The third-order valence-corrected chi connectivity index (χ3v) is 2.38. The summed E-state index contributed by atoms with van der Waals surface area (Å²) in [4.78, 5) is 21.9. The monoisotopic (exact) mass is 280 g/mol. The molecule has 0 aliphatic heterocycles. The van der Waals surface area contributed by atoms with Crippen LogP contribution in [-0.4, -0.2) is 18.9 Å². The first kappa shape index (κ1) is 14.5. The molecule has 18 heavy (non-hydrogen) atoms. The van der Waals surface area contributed by atoms with Crippen molar-refractivity contribution in [2.24, 2.45) is 0 Å². The summed E-state index contributed by atoms with van der Waals surface area (Å²) in [6, 6.07) is 1.52. The second-order valence-electron chi connectivity index (χ2n) is 3.26. The van der Waals surface area contributed by atoms with Crippen LogP contribution in [0.3, 0.4) is 0 Å². The number of rotatable bonds is 3. The Balaban J connectivity index is 3.40. The number of benzene rings is 1. The molecule has 1 aromatic rings. The maximum Gasteiger partial charge on any atom is 0.417 e. The van der Waals surface area contributed by atoms with Crippen LogP contribution in [0.15, 0.2) is 12.1 Å². The highest BCUT2D eigenvalue weighted by Gasteiger charge is 2.35. The number of alkyl halides is 3. The van der Waals surface area contributed by atoms with Crippen molar-refractivity contribution in [3.05, 3.63) is 33.8 Å². The van der Waals surface area contributed by atoms with E-state index in [9.17, 15) is 22.8 Å². The van der Waals surface area contributed by atoms with E-state index in [0.29, 0.717) is 6.07 Å². The summed E-state index contributed by atoms with van der Waals surface area (Å²) in [5.41, 5.74) is -2.30. The Morgan fingerprint density at radius 1 is 1.44 bits per heavy atom. The summed E-state index contributed by atoms with van der Waals surface area (Å²) in [5, 5.41) is -0.442. The van der Waals surface area contributed by atoms with Crippen molar-refractivity contribution in [3.63, 3.8) is 0 Å². The molecule has 0 amide bonds. The van der Waals surface area contributed by atoms with Crippen molar-refractivity contribution >= 4 is 23.9 Å². The van der Waals surface area contributed by atoms with Gasteiger partial charge >= 0.3 is 12.1 Å². The number of carbonyl (C=O) groups excluding carboxylic acids is 2. The minimum absolute atomic E-state index is 0.0000900. The van der Waals surface area contributed by atoms with Crippen molar-refractivity contribution in [2.75, 3.05) is 6.61 Å². The van der Waals surface area contributed by atoms with Gasteiger partial charge in [-0.05, 0) is 19.1 Å². The van der Waals surface area contributed by atoms with E-state index in [2.05, 4.69) is 4.74 Å². The zero-order valence-corrected chi connectivity index (χ0v) is 9.93. The van der Waals surface area contributed by atoms with Crippen LogP contribution in [0.4, 0.5) is 13.2 Å². The molecule has 0 atom stereocenters. The maximum atomic E-state index is 12.7. The molecule has 7 heteroatoms. The number of halogens is 4. The van der Waals surface area contributed by atoms with Gasteiger partial charge in [-0.1, -0.05) is 11.6 Å². The van der Waals surface area contributed by atoms with E-state index >= 15 is 0 Å². The summed E-state index contributed by atoms with van der Waals surface area (Å²) in [7, 11) is 0. The first-order valence-electron chi connectivity index (χ1n) is 4.84. The van der Waals surface area contributed by atoms with Crippen LogP contribution < -0.4 is 0 Å². The molecule has 98 valence electrons. The van der Waals surface area contributed by atoms with E-state index in [-0.39, 0.29) is 18.5 Å². The molecular weight excluding hydrogens is 273 g/mol. The highest BCUT2D eigenvalue weighted by Crippen LogP contribution is 2.35. The molecule has 0 aliphatic carbocycles. The zero-order valence-electron chi connectivity index (χ0n) is 9.18. The summed E-state index contributed by atoms with van der Waals surface area (Å²) in [6.07, 6.45) is -4.78. The topological polar surface area (TPSA) is 43.4 Å². The molecule has 0 unspecified atom stereocenters. The fourth-order valence-electron chi connectivity index (χ4n) is 1.30. The minimum Gasteiger partial charge on any atom is -0.462 e. The molecule has 0 aromatic heterocycles. The van der Waals surface area contributed by atoms with Crippen LogP contribution in [0.5, 0.6) is 0 Å². The van der Waals surface area contributed by atoms with E-state index in [1.165, 1.54) is 6.92 Å². The predicted molar refractivity (Wildman–Crippen MR) is 57.8 cm³/mol. The van der Waals surface area contributed by atoms with Crippen LogP contribution >= 0.6 is 11.6 Å². The van der Waals surface area contributed by atoms with Gasteiger partial charge < -0.3 is 4.74 Å². The van der Waals surface area contributed by atoms with Crippen LogP contribution in [0.25, 0.3) is 0 Å². The van der Waals surface area contributed by atoms with Gasteiger partial charge in [0.2, 0.25) is 0 Å². The maximum absolute atomic E-state index is 12.7. The number of esters is 1. The Labute approximate surface area is 105 Å². The fourth-order valence-corrected chi connectivity index (χ4v) is 1.57. The lowest BCUT2D eigenvalue weighted by Gasteiger charge is -2.12. The third-order valence-electron chi connectivity index (χ3n) is 2.06. The first-order valence-corrected chi connectivity index (χ1v) is 5.22. The smallest absolute Gasteiger partial charge is 0.417 e. The molecule has 0 bridgehead atoms. The molecule has 1 rings (SSSR count). The molecule has 0 spiro atoms. The summed E-state index contributed by atoms with van der Waals surface area (Å²) < 4.78 is 42.6. The molecule has 3 nitrogen and oxygen atoms in total. The second-order valence-corrected chi connectivity index (χ2v) is 3.66. The molecule has 0 fully saturated rings. The standard InChI is InChI=1S/C11H8ClF3O3/c1-2-18-10(17)6-3-8(11(13,14)15)7(5-16)9(12)4-6/h3-5H,2H2,1H3. The molecule has 0 heterocycles. The second kappa shape index (κ2) is 5.39. The normalized spacial score (nSPS) is 11.2.